The lowest BCUT2D eigenvalue weighted by Crippen LogP contribution is -2.06. The molecule has 0 unspecified atom stereocenters. The molecule has 1 aliphatic carbocycles. The standard InChI is InChI=1S/C34H30FNO/c1-3-22-7-6-8-23(18-22)17-21(2)33-30-19-29(31(35)20-32(30)36-34(33)37)26-15-13-25(14-16-26)28-10-5-4-9-27(28)24-11-12-24/h4-10,13-16,18-20,24H,3,11-12,17H2,1-2H3,(H,36,37)/b33-21-. The first-order valence-corrected chi connectivity index (χ1v) is 13.1. The number of fused-ring (bicyclic) bond motifs is 1. The Bertz CT molecular complexity index is 1540. The third kappa shape index (κ3) is 4.51. The maximum Gasteiger partial charge on any atom is 0.256 e. The van der Waals surface area contributed by atoms with Gasteiger partial charge < -0.3 is 5.32 Å². The van der Waals surface area contributed by atoms with Gasteiger partial charge in [-0.1, -0.05) is 85.3 Å². The van der Waals surface area contributed by atoms with Crippen molar-refractivity contribution in [2.45, 2.75) is 45.4 Å². The number of allylic oxidation sites excluding steroid dienone is 1. The molecule has 1 N–H and O–H groups in total. The van der Waals surface area contributed by atoms with Gasteiger partial charge in [-0.05, 0) is 84.0 Å². The lowest BCUT2D eigenvalue weighted by atomic mass is 9.92. The zero-order chi connectivity index (χ0) is 25.5. The predicted molar refractivity (Wildman–Crippen MR) is 150 cm³/mol. The average molecular weight is 488 g/mol. The van der Waals surface area contributed by atoms with Crippen LogP contribution in [0.15, 0.2) is 90.5 Å². The van der Waals surface area contributed by atoms with Crippen LogP contribution < -0.4 is 5.32 Å². The van der Waals surface area contributed by atoms with Gasteiger partial charge in [-0.2, -0.15) is 0 Å². The van der Waals surface area contributed by atoms with Crippen molar-refractivity contribution < 1.29 is 9.18 Å². The Labute approximate surface area is 217 Å². The summed E-state index contributed by atoms with van der Waals surface area (Å²) in [5.74, 6) is 0.162. The Morgan fingerprint density at radius 3 is 2.27 bits per heavy atom. The third-order valence-corrected chi connectivity index (χ3v) is 7.63. The van der Waals surface area contributed by atoms with Crippen LogP contribution in [0.25, 0.3) is 27.8 Å². The molecule has 0 bridgehead atoms. The lowest BCUT2D eigenvalue weighted by molar-refractivity contribution is -0.110. The van der Waals surface area contributed by atoms with Gasteiger partial charge in [-0.3, -0.25) is 4.79 Å². The molecule has 2 nitrogen and oxygen atoms in total. The Morgan fingerprint density at radius 2 is 1.54 bits per heavy atom. The van der Waals surface area contributed by atoms with E-state index in [0.717, 1.165) is 28.7 Å². The van der Waals surface area contributed by atoms with Crippen LogP contribution in [-0.2, 0) is 17.6 Å². The number of carbonyl (C=O) groups excluding carboxylic acids is 1. The highest BCUT2D eigenvalue weighted by molar-refractivity contribution is 6.32. The number of aryl methyl sites for hydroxylation is 1. The first-order valence-electron chi connectivity index (χ1n) is 13.1. The number of amides is 1. The summed E-state index contributed by atoms with van der Waals surface area (Å²) in [5.41, 5.74) is 10.5. The zero-order valence-corrected chi connectivity index (χ0v) is 21.3. The molecular formula is C34H30FNO. The molecule has 1 aliphatic heterocycles. The molecule has 3 heteroatoms. The maximum absolute atomic E-state index is 15.3. The van der Waals surface area contributed by atoms with E-state index in [9.17, 15) is 4.79 Å². The Kier molecular flexibility index (Phi) is 6.00. The van der Waals surface area contributed by atoms with Crippen molar-refractivity contribution in [2.75, 3.05) is 5.32 Å². The van der Waals surface area contributed by atoms with E-state index in [0.29, 0.717) is 29.2 Å². The van der Waals surface area contributed by atoms with Crippen LogP contribution in [0.1, 0.15) is 54.9 Å². The molecule has 0 radical (unpaired) electrons. The van der Waals surface area contributed by atoms with Crippen LogP contribution in [0.5, 0.6) is 0 Å². The summed E-state index contributed by atoms with van der Waals surface area (Å²) in [5, 5.41) is 2.87. The molecule has 6 rings (SSSR count). The summed E-state index contributed by atoms with van der Waals surface area (Å²) >= 11 is 0. The second kappa shape index (κ2) is 9.48. The molecule has 4 aromatic carbocycles. The summed E-state index contributed by atoms with van der Waals surface area (Å²) < 4.78 is 15.3. The molecular weight excluding hydrogens is 457 g/mol. The smallest absolute Gasteiger partial charge is 0.256 e. The number of rotatable bonds is 6. The van der Waals surface area contributed by atoms with Crippen molar-refractivity contribution in [2.24, 2.45) is 0 Å². The van der Waals surface area contributed by atoms with Crippen molar-refractivity contribution >= 4 is 17.2 Å². The molecule has 0 spiro atoms. The van der Waals surface area contributed by atoms with E-state index in [-0.39, 0.29) is 11.7 Å². The average Bonchev–Trinajstić information content (AvgIpc) is 3.71. The quantitative estimate of drug-likeness (QED) is 0.271. The van der Waals surface area contributed by atoms with Gasteiger partial charge in [0.05, 0.1) is 5.69 Å². The fourth-order valence-electron chi connectivity index (χ4n) is 5.53. The number of carbonyl (C=O) groups is 1. The highest BCUT2D eigenvalue weighted by Gasteiger charge is 2.29. The van der Waals surface area contributed by atoms with E-state index in [1.165, 1.54) is 41.2 Å². The van der Waals surface area contributed by atoms with Gasteiger partial charge in [0.25, 0.3) is 5.91 Å². The Hall–Kier alpha value is -3.98. The maximum atomic E-state index is 15.3. The number of hydrogen-bond donors (Lipinski definition) is 1. The van der Waals surface area contributed by atoms with E-state index in [2.05, 4.69) is 72.9 Å². The first kappa shape index (κ1) is 23.4. The van der Waals surface area contributed by atoms with E-state index in [1.807, 2.05) is 25.1 Å². The van der Waals surface area contributed by atoms with Gasteiger partial charge in [0.2, 0.25) is 0 Å². The minimum absolute atomic E-state index is 0.164. The van der Waals surface area contributed by atoms with E-state index in [1.54, 1.807) is 0 Å². The molecule has 0 atom stereocenters. The third-order valence-electron chi connectivity index (χ3n) is 7.63. The summed E-state index contributed by atoms with van der Waals surface area (Å²) in [6, 6.07) is 28.5. The first-order chi connectivity index (χ1) is 18.0. The summed E-state index contributed by atoms with van der Waals surface area (Å²) in [7, 11) is 0. The monoisotopic (exact) mass is 487 g/mol. The van der Waals surface area contributed by atoms with Gasteiger partial charge in [-0.25, -0.2) is 4.39 Å². The molecule has 1 fully saturated rings. The topological polar surface area (TPSA) is 29.1 Å². The van der Waals surface area contributed by atoms with Crippen molar-refractivity contribution in [3.8, 4) is 22.3 Å². The zero-order valence-electron chi connectivity index (χ0n) is 21.3. The predicted octanol–water partition coefficient (Wildman–Crippen LogP) is 8.57. The van der Waals surface area contributed by atoms with Crippen molar-refractivity contribution in [3.63, 3.8) is 0 Å². The minimum Gasteiger partial charge on any atom is -0.321 e. The lowest BCUT2D eigenvalue weighted by Gasteiger charge is -2.12. The van der Waals surface area contributed by atoms with Crippen molar-refractivity contribution in [1.82, 2.24) is 0 Å². The van der Waals surface area contributed by atoms with Gasteiger partial charge in [-0.15, -0.1) is 0 Å². The van der Waals surface area contributed by atoms with Gasteiger partial charge in [0, 0.05) is 16.7 Å². The molecule has 2 aliphatic rings. The SMILES string of the molecule is CCc1cccc(C/C(C)=C2\C(=O)Nc3cc(F)c(-c4ccc(-c5ccccc5C5CC5)cc4)cc32)c1. The molecule has 1 saturated carbocycles. The molecule has 4 aromatic rings. The van der Waals surface area contributed by atoms with Crippen LogP contribution in [0.4, 0.5) is 10.1 Å². The minimum atomic E-state index is -0.334. The molecule has 184 valence electrons. The molecule has 37 heavy (non-hydrogen) atoms. The van der Waals surface area contributed by atoms with Gasteiger partial charge in [0.15, 0.2) is 0 Å². The van der Waals surface area contributed by atoms with Crippen LogP contribution in [0.3, 0.4) is 0 Å². The van der Waals surface area contributed by atoms with E-state index >= 15 is 4.39 Å². The van der Waals surface area contributed by atoms with Crippen LogP contribution in [-0.4, -0.2) is 5.91 Å². The van der Waals surface area contributed by atoms with E-state index in [4.69, 9.17) is 0 Å². The number of anilines is 1. The second-order valence-corrected chi connectivity index (χ2v) is 10.3. The van der Waals surface area contributed by atoms with Gasteiger partial charge >= 0.3 is 0 Å². The largest absolute Gasteiger partial charge is 0.321 e. The highest BCUT2D eigenvalue weighted by Crippen LogP contribution is 2.45. The molecule has 0 aromatic heterocycles. The Morgan fingerprint density at radius 1 is 0.838 bits per heavy atom. The number of benzene rings is 4. The van der Waals surface area contributed by atoms with Gasteiger partial charge in [0.1, 0.15) is 5.82 Å². The molecule has 0 saturated heterocycles. The fourth-order valence-corrected chi connectivity index (χ4v) is 5.53. The highest BCUT2D eigenvalue weighted by atomic mass is 19.1. The van der Waals surface area contributed by atoms with Crippen LogP contribution >= 0.6 is 0 Å². The molecule has 1 amide bonds. The summed E-state index contributed by atoms with van der Waals surface area (Å²) in [6.45, 7) is 4.14. The molecule has 1 heterocycles. The van der Waals surface area contributed by atoms with Crippen LogP contribution in [0.2, 0.25) is 0 Å². The van der Waals surface area contributed by atoms with Crippen LogP contribution in [0, 0.1) is 5.82 Å². The summed E-state index contributed by atoms with van der Waals surface area (Å²) in [6.07, 6.45) is 4.15. The number of hydrogen-bond acceptors (Lipinski definition) is 1. The Balaban J connectivity index is 1.35. The summed E-state index contributed by atoms with van der Waals surface area (Å²) in [4.78, 5) is 12.9. The fraction of sp³-hybridized carbons (Fsp3) is 0.206. The normalized spacial score (nSPS) is 15.9. The van der Waals surface area contributed by atoms with Crippen molar-refractivity contribution in [3.05, 3.63) is 119 Å². The second-order valence-electron chi connectivity index (χ2n) is 10.3. The number of nitrogens with one attached hydrogen (secondary N) is 1. The number of halogens is 1. The van der Waals surface area contributed by atoms with Crippen molar-refractivity contribution in [1.29, 1.82) is 0 Å². The van der Waals surface area contributed by atoms with E-state index < -0.39 is 0 Å².